The maximum atomic E-state index is 10.8. The maximum absolute atomic E-state index is 10.8. The molecule has 0 bridgehead atoms. The molecular formula is C12H13N5O4. The zero-order valence-corrected chi connectivity index (χ0v) is 11.2. The first-order chi connectivity index (χ1) is 9.97. The van der Waals surface area contributed by atoms with Crippen molar-refractivity contribution in [1.29, 1.82) is 0 Å². The fourth-order valence-electron chi connectivity index (χ4n) is 1.85. The molecule has 0 aliphatic heterocycles. The van der Waals surface area contributed by atoms with E-state index >= 15 is 0 Å². The molecule has 0 aliphatic rings. The van der Waals surface area contributed by atoms with Gasteiger partial charge < -0.3 is 5.32 Å². The van der Waals surface area contributed by atoms with Crippen molar-refractivity contribution in [2.45, 2.75) is 6.42 Å². The van der Waals surface area contributed by atoms with E-state index in [1.54, 1.807) is 19.2 Å². The molecule has 1 aromatic heterocycles. The van der Waals surface area contributed by atoms with E-state index in [0.717, 1.165) is 5.56 Å². The number of non-ortho nitro benzene ring substituents is 1. The van der Waals surface area contributed by atoms with Gasteiger partial charge in [-0.05, 0) is 12.0 Å². The highest BCUT2D eigenvalue weighted by Gasteiger charge is 2.17. The van der Waals surface area contributed by atoms with Crippen LogP contribution in [0.15, 0.2) is 30.5 Å². The SMILES string of the molecule is Cn1cc([N+](=O)[O-])c(NCCc2ccc([N+](=O)[O-])cc2)n1. The highest BCUT2D eigenvalue weighted by atomic mass is 16.6. The number of nitrogens with one attached hydrogen (secondary N) is 1. The molecule has 0 spiro atoms. The van der Waals surface area contributed by atoms with Gasteiger partial charge in [-0.1, -0.05) is 12.1 Å². The van der Waals surface area contributed by atoms with E-state index < -0.39 is 9.85 Å². The van der Waals surface area contributed by atoms with Crippen LogP contribution in [0.25, 0.3) is 0 Å². The average Bonchev–Trinajstić information content (AvgIpc) is 2.81. The molecule has 110 valence electrons. The fraction of sp³-hybridized carbons (Fsp3) is 0.250. The number of anilines is 1. The van der Waals surface area contributed by atoms with Gasteiger partial charge in [0.15, 0.2) is 0 Å². The second-order valence-electron chi connectivity index (χ2n) is 4.39. The Kier molecular flexibility index (Phi) is 4.12. The van der Waals surface area contributed by atoms with Crippen LogP contribution in [-0.4, -0.2) is 26.2 Å². The highest BCUT2D eigenvalue weighted by molar-refractivity contribution is 5.54. The van der Waals surface area contributed by atoms with E-state index in [-0.39, 0.29) is 17.2 Å². The number of benzene rings is 1. The number of aryl methyl sites for hydroxylation is 1. The van der Waals surface area contributed by atoms with Crippen molar-refractivity contribution in [3.63, 3.8) is 0 Å². The molecular weight excluding hydrogens is 278 g/mol. The predicted molar refractivity (Wildman–Crippen MR) is 75.2 cm³/mol. The molecule has 1 aromatic carbocycles. The lowest BCUT2D eigenvalue weighted by molar-refractivity contribution is -0.384. The molecule has 0 saturated carbocycles. The summed E-state index contributed by atoms with van der Waals surface area (Å²) >= 11 is 0. The van der Waals surface area contributed by atoms with Crippen LogP contribution in [0.4, 0.5) is 17.2 Å². The number of nitro groups is 2. The predicted octanol–water partition coefficient (Wildman–Crippen LogP) is 1.89. The summed E-state index contributed by atoms with van der Waals surface area (Å²) in [6.45, 7) is 0.440. The Bertz CT molecular complexity index is 665. The summed E-state index contributed by atoms with van der Waals surface area (Å²) in [7, 11) is 1.61. The monoisotopic (exact) mass is 291 g/mol. The molecule has 21 heavy (non-hydrogen) atoms. The van der Waals surface area contributed by atoms with Crippen LogP contribution in [-0.2, 0) is 13.5 Å². The number of hydrogen-bond donors (Lipinski definition) is 1. The summed E-state index contributed by atoms with van der Waals surface area (Å²) in [4.78, 5) is 20.4. The van der Waals surface area contributed by atoms with Crippen molar-refractivity contribution >= 4 is 17.2 Å². The van der Waals surface area contributed by atoms with Crippen LogP contribution in [0.1, 0.15) is 5.56 Å². The molecule has 0 saturated heterocycles. The van der Waals surface area contributed by atoms with Crippen LogP contribution in [0.3, 0.4) is 0 Å². The van der Waals surface area contributed by atoms with E-state index in [9.17, 15) is 20.2 Å². The van der Waals surface area contributed by atoms with Crippen molar-refractivity contribution in [1.82, 2.24) is 9.78 Å². The molecule has 1 N–H and O–H groups in total. The molecule has 2 aromatic rings. The number of nitro benzene ring substituents is 1. The molecule has 0 radical (unpaired) electrons. The Morgan fingerprint density at radius 1 is 1.19 bits per heavy atom. The lowest BCUT2D eigenvalue weighted by Crippen LogP contribution is -2.07. The molecule has 0 fully saturated rings. The highest BCUT2D eigenvalue weighted by Crippen LogP contribution is 2.21. The molecule has 9 heteroatoms. The first-order valence-corrected chi connectivity index (χ1v) is 6.12. The van der Waals surface area contributed by atoms with Crippen molar-refractivity contribution in [3.8, 4) is 0 Å². The molecule has 9 nitrogen and oxygen atoms in total. The molecule has 0 atom stereocenters. The molecule has 2 rings (SSSR count). The number of aromatic nitrogens is 2. The van der Waals surface area contributed by atoms with Gasteiger partial charge >= 0.3 is 5.69 Å². The molecule has 0 unspecified atom stereocenters. The minimum Gasteiger partial charge on any atom is -0.363 e. The van der Waals surface area contributed by atoms with Crippen LogP contribution >= 0.6 is 0 Å². The van der Waals surface area contributed by atoms with E-state index in [2.05, 4.69) is 10.4 Å². The number of hydrogen-bond acceptors (Lipinski definition) is 6. The Labute approximate surface area is 119 Å². The first-order valence-electron chi connectivity index (χ1n) is 6.12. The Balaban J connectivity index is 1.95. The van der Waals surface area contributed by atoms with Gasteiger partial charge in [-0.3, -0.25) is 24.9 Å². The molecule has 0 aliphatic carbocycles. The Morgan fingerprint density at radius 3 is 2.43 bits per heavy atom. The number of rotatable bonds is 6. The van der Waals surface area contributed by atoms with Crippen molar-refractivity contribution < 1.29 is 9.85 Å². The van der Waals surface area contributed by atoms with Crippen LogP contribution in [0.2, 0.25) is 0 Å². The van der Waals surface area contributed by atoms with Crippen LogP contribution in [0.5, 0.6) is 0 Å². The van der Waals surface area contributed by atoms with Crippen molar-refractivity contribution in [2.24, 2.45) is 7.05 Å². The van der Waals surface area contributed by atoms with Gasteiger partial charge in [-0.15, -0.1) is 5.10 Å². The van der Waals surface area contributed by atoms with Gasteiger partial charge in [0, 0.05) is 25.7 Å². The van der Waals surface area contributed by atoms with Crippen LogP contribution in [0, 0.1) is 20.2 Å². The van der Waals surface area contributed by atoms with E-state index in [0.29, 0.717) is 13.0 Å². The number of nitrogens with zero attached hydrogens (tertiary/aromatic N) is 4. The van der Waals surface area contributed by atoms with Gasteiger partial charge in [0.05, 0.1) is 9.85 Å². The summed E-state index contributed by atoms with van der Waals surface area (Å²) in [5, 5.41) is 28.2. The van der Waals surface area contributed by atoms with Gasteiger partial charge in [0.1, 0.15) is 6.20 Å². The third kappa shape index (κ3) is 3.53. The second-order valence-corrected chi connectivity index (χ2v) is 4.39. The smallest absolute Gasteiger partial charge is 0.330 e. The van der Waals surface area contributed by atoms with Gasteiger partial charge in [0.2, 0.25) is 5.82 Å². The minimum atomic E-state index is -0.499. The summed E-state index contributed by atoms with van der Waals surface area (Å²) in [5.74, 6) is 0.212. The van der Waals surface area contributed by atoms with Crippen molar-refractivity contribution in [2.75, 3.05) is 11.9 Å². The summed E-state index contributed by atoms with van der Waals surface area (Å²) < 4.78 is 1.37. The lowest BCUT2D eigenvalue weighted by atomic mass is 10.1. The lowest BCUT2D eigenvalue weighted by Gasteiger charge is -2.03. The quantitative estimate of drug-likeness (QED) is 0.641. The van der Waals surface area contributed by atoms with E-state index in [4.69, 9.17) is 0 Å². The van der Waals surface area contributed by atoms with Crippen molar-refractivity contribution in [3.05, 3.63) is 56.3 Å². The second kappa shape index (κ2) is 5.99. The fourth-order valence-corrected chi connectivity index (χ4v) is 1.85. The molecule has 0 amide bonds. The standard InChI is InChI=1S/C12H13N5O4/c1-15-8-11(17(20)21)12(14-15)13-7-6-9-2-4-10(5-3-9)16(18)19/h2-5,8H,6-7H2,1H3,(H,13,14). The third-order valence-electron chi connectivity index (χ3n) is 2.86. The zero-order chi connectivity index (χ0) is 15.4. The third-order valence-corrected chi connectivity index (χ3v) is 2.86. The summed E-state index contributed by atoms with van der Waals surface area (Å²) in [6.07, 6.45) is 1.90. The molecule has 1 heterocycles. The zero-order valence-electron chi connectivity index (χ0n) is 11.2. The van der Waals surface area contributed by atoms with E-state index in [1.165, 1.54) is 23.0 Å². The van der Waals surface area contributed by atoms with Crippen LogP contribution < -0.4 is 5.32 Å². The summed E-state index contributed by atoms with van der Waals surface area (Å²) in [6, 6.07) is 6.18. The van der Waals surface area contributed by atoms with Gasteiger partial charge in [-0.25, -0.2) is 0 Å². The van der Waals surface area contributed by atoms with Gasteiger partial charge in [0.25, 0.3) is 5.69 Å². The minimum absolute atomic E-state index is 0.0343. The average molecular weight is 291 g/mol. The maximum Gasteiger partial charge on any atom is 0.330 e. The first kappa shape index (κ1) is 14.4. The largest absolute Gasteiger partial charge is 0.363 e. The van der Waals surface area contributed by atoms with Gasteiger partial charge in [-0.2, -0.15) is 0 Å². The summed E-state index contributed by atoms with van der Waals surface area (Å²) in [5.41, 5.74) is 0.847. The topological polar surface area (TPSA) is 116 Å². The Morgan fingerprint density at radius 2 is 1.86 bits per heavy atom. The van der Waals surface area contributed by atoms with E-state index in [1.807, 2.05) is 0 Å². The normalized spacial score (nSPS) is 10.3. The Hall–Kier alpha value is -2.97.